The summed E-state index contributed by atoms with van der Waals surface area (Å²) in [6.07, 6.45) is 0.995. The van der Waals surface area contributed by atoms with Gasteiger partial charge in [-0.3, -0.25) is 4.79 Å². The summed E-state index contributed by atoms with van der Waals surface area (Å²) in [7, 11) is -0.568. The second-order valence-corrected chi connectivity index (χ2v) is 7.79. The van der Waals surface area contributed by atoms with Gasteiger partial charge in [-0.2, -0.15) is 0 Å². The summed E-state index contributed by atoms with van der Waals surface area (Å²) in [4.78, 5) is 23.9. The number of nitrogens with one attached hydrogen (secondary N) is 1. The van der Waals surface area contributed by atoms with Crippen molar-refractivity contribution < 1.29 is 32.2 Å². The van der Waals surface area contributed by atoms with E-state index < -0.39 is 28.3 Å². The summed E-state index contributed by atoms with van der Waals surface area (Å²) in [5, 5.41) is 2.61. The molecule has 0 aliphatic heterocycles. The van der Waals surface area contributed by atoms with Gasteiger partial charge < -0.3 is 19.5 Å². The third-order valence-electron chi connectivity index (χ3n) is 3.78. The summed E-state index contributed by atoms with van der Waals surface area (Å²) < 4.78 is 38.8. The van der Waals surface area contributed by atoms with E-state index in [1.165, 1.54) is 38.5 Å². The second kappa shape index (κ2) is 9.23. The molecular weight excluding hydrogens is 386 g/mol. The van der Waals surface area contributed by atoms with E-state index in [4.69, 9.17) is 14.2 Å². The fourth-order valence-electron chi connectivity index (χ4n) is 2.41. The average Bonchev–Trinajstić information content (AvgIpc) is 2.69. The molecule has 2 aromatic rings. The lowest BCUT2D eigenvalue weighted by Gasteiger charge is -2.11. The normalized spacial score (nSPS) is 10.8. The molecule has 0 unspecified atom stereocenters. The van der Waals surface area contributed by atoms with Crippen molar-refractivity contribution in [1.82, 2.24) is 5.32 Å². The van der Waals surface area contributed by atoms with Gasteiger partial charge in [-0.25, -0.2) is 13.2 Å². The van der Waals surface area contributed by atoms with Crippen LogP contribution in [0.1, 0.15) is 15.9 Å². The lowest BCUT2D eigenvalue weighted by molar-refractivity contribution is -0.124. The number of methoxy groups -OCH3 is 2. The molecule has 0 radical (unpaired) electrons. The largest absolute Gasteiger partial charge is 0.493 e. The van der Waals surface area contributed by atoms with Gasteiger partial charge in [0.25, 0.3) is 5.91 Å². The Kier molecular flexibility index (Phi) is 7.00. The van der Waals surface area contributed by atoms with Crippen molar-refractivity contribution in [3.8, 4) is 11.5 Å². The summed E-state index contributed by atoms with van der Waals surface area (Å²) in [5.74, 6) is -0.323. The van der Waals surface area contributed by atoms with Gasteiger partial charge in [0.2, 0.25) is 0 Å². The van der Waals surface area contributed by atoms with E-state index in [0.717, 1.165) is 11.8 Å². The number of rotatable bonds is 8. The molecule has 28 heavy (non-hydrogen) atoms. The van der Waals surface area contributed by atoms with Crippen molar-refractivity contribution in [2.45, 2.75) is 11.4 Å². The smallest absolute Gasteiger partial charge is 0.339 e. The first-order valence-electron chi connectivity index (χ1n) is 8.20. The molecule has 0 bridgehead atoms. The van der Waals surface area contributed by atoms with Gasteiger partial charge in [-0.15, -0.1) is 0 Å². The van der Waals surface area contributed by atoms with Crippen LogP contribution >= 0.6 is 0 Å². The van der Waals surface area contributed by atoms with Crippen LogP contribution in [0, 0.1) is 0 Å². The Hall–Kier alpha value is -3.07. The van der Waals surface area contributed by atoms with E-state index in [1.54, 1.807) is 18.2 Å². The van der Waals surface area contributed by atoms with E-state index in [1.807, 2.05) is 0 Å². The molecule has 0 aliphatic rings. The molecule has 1 N–H and O–H groups in total. The minimum Gasteiger partial charge on any atom is -0.493 e. The van der Waals surface area contributed by atoms with Crippen LogP contribution in [-0.2, 0) is 25.9 Å². The summed E-state index contributed by atoms with van der Waals surface area (Å²) in [6, 6.07) is 10.8. The first-order valence-corrected chi connectivity index (χ1v) is 10.1. The molecule has 0 aliphatic carbocycles. The molecule has 0 atom stereocenters. The van der Waals surface area contributed by atoms with Gasteiger partial charge in [0, 0.05) is 12.8 Å². The number of esters is 1. The highest BCUT2D eigenvalue weighted by Gasteiger charge is 2.20. The number of sulfone groups is 1. The zero-order valence-corrected chi connectivity index (χ0v) is 16.5. The Balaban J connectivity index is 1.94. The van der Waals surface area contributed by atoms with E-state index in [-0.39, 0.29) is 17.0 Å². The molecule has 0 saturated heterocycles. The van der Waals surface area contributed by atoms with Gasteiger partial charge in [-0.1, -0.05) is 18.2 Å². The van der Waals surface area contributed by atoms with Gasteiger partial charge in [0.15, 0.2) is 27.9 Å². The highest BCUT2D eigenvalue weighted by Crippen LogP contribution is 2.27. The van der Waals surface area contributed by atoms with Crippen LogP contribution < -0.4 is 14.8 Å². The zero-order chi connectivity index (χ0) is 20.7. The minimum atomic E-state index is -3.60. The standard InChI is InChI=1S/C19H21NO7S/c1-25-15-9-8-13(10-16(15)26-2)11-20-18(21)12-27-19(22)14-6-4-5-7-17(14)28(3,23)24/h4-10H,11-12H2,1-3H3,(H,20,21). The van der Waals surface area contributed by atoms with E-state index in [0.29, 0.717) is 11.5 Å². The quantitative estimate of drug-likeness (QED) is 0.662. The number of benzene rings is 2. The third-order valence-corrected chi connectivity index (χ3v) is 4.93. The monoisotopic (exact) mass is 407 g/mol. The molecule has 1 amide bonds. The van der Waals surface area contributed by atoms with Crippen LogP contribution in [0.4, 0.5) is 0 Å². The number of carbonyl (C=O) groups is 2. The van der Waals surface area contributed by atoms with Gasteiger partial charge in [-0.05, 0) is 29.8 Å². The third kappa shape index (κ3) is 5.46. The van der Waals surface area contributed by atoms with Crippen molar-refractivity contribution >= 4 is 21.7 Å². The second-order valence-electron chi connectivity index (χ2n) is 5.81. The molecule has 0 spiro atoms. The van der Waals surface area contributed by atoms with Gasteiger partial charge >= 0.3 is 5.97 Å². The van der Waals surface area contributed by atoms with E-state index in [9.17, 15) is 18.0 Å². The van der Waals surface area contributed by atoms with Crippen molar-refractivity contribution in [3.05, 3.63) is 53.6 Å². The lowest BCUT2D eigenvalue weighted by Crippen LogP contribution is -2.28. The Morgan fingerprint density at radius 3 is 2.32 bits per heavy atom. The Morgan fingerprint density at radius 2 is 1.68 bits per heavy atom. The maximum atomic E-state index is 12.1. The maximum absolute atomic E-state index is 12.1. The molecule has 0 aromatic heterocycles. The van der Waals surface area contributed by atoms with Crippen molar-refractivity contribution in [1.29, 1.82) is 0 Å². The predicted molar refractivity (Wildman–Crippen MR) is 101 cm³/mol. The van der Waals surface area contributed by atoms with E-state index in [2.05, 4.69) is 5.32 Å². The van der Waals surface area contributed by atoms with Crippen LogP contribution in [0.15, 0.2) is 47.4 Å². The SMILES string of the molecule is COc1ccc(CNC(=O)COC(=O)c2ccccc2S(C)(=O)=O)cc1OC. The van der Waals surface area contributed by atoms with Crippen LogP contribution in [0.3, 0.4) is 0 Å². The molecule has 0 saturated carbocycles. The number of amides is 1. The summed E-state index contributed by atoms with van der Waals surface area (Å²) in [6.45, 7) is -0.346. The average molecular weight is 407 g/mol. The van der Waals surface area contributed by atoms with Crippen LogP contribution in [0.25, 0.3) is 0 Å². The van der Waals surface area contributed by atoms with Gasteiger partial charge in [0.05, 0.1) is 24.7 Å². The molecule has 8 nitrogen and oxygen atoms in total. The molecule has 9 heteroatoms. The summed E-state index contributed by atoms with van der Waals surface area (Å²) >= 11 is 0. The molecule has 0 heterocycles. The highest BCUT2D eigenvalue weighted by molar-refractivity contribution is 7.90. The van der Waals surface area contributed by atoms with Crippen molar-refractivity contribution in [2.24, 2.45) is 0 Å². The molecule has 0 fully saturated rings. The number of carbonyl (C=O) groups excluding carboxylic acids is 2. The van der Waals surface area contributed by atoms with Crippen molar-refractivity contribution in [2.75, 3.05) is 27.1 Å². The fourth-order valence-corrected chi connectivity index (χ4v) is 3.29. The fraction of sp³-hybridized carbons (Fsp3) is 0.263. The predicted octanol–water partition coefficient (Wildman–Crippen LogP) is 1.58. The minimum absolute atomic E-state index is 0.113. The highest BCUT2D eigenvalue weighted by atomic mass is 32.2. The van der Waals surface area contributed by atoms with Crippen LogP contribution in [0.5, 0.6) is 11.5 Å². The first-order chi connectivity index (χ1) is 13.3. The van der Waals surface area contributed by atoms with Gasteiger partial charge in [0.1, 0.15) is 0 Å². The first kappa shape index (κ1) is 21.2. The van der Waals surface area contributed by atoms with E-state index >= 15 is 0 Å². The number of hydrogen-bond donors (Lipinski definition) is 1. The van der Waals surface area contributed by atoms with Crippen LogP contribution in [0.2, 0.25) is 0 Å². The van der Waals surface area contributed by atoms with Crippen LogP contribution in [-0.4, -0.2) is 47.4 Å². The molecule has 2 aromatic carbocycles. The number of hydrogen-bond acceptors (Lipinski definition) is 7. The Morgan fingerprint density at radius 1 is 1.00 bits per heavy atom. The lowest BCUT2D eigenvalue weighted by atomic mass is 10.2. The molecular formula is C19H21NO7S. The Labute approximate surface area is 163 Å². The zero-order valence-electron chi connectivity index (χ0n) is 15.7. The van der Waals surface area contributed by atoms with Crippen molar-refractivity contribution in [3.63, 3.8) is 0 Å². The number of ether oxygens (including phenoxy) is 3. The molecule has 2 rings (SSSR count). The summed E-state index contributed by atoms with van der Waals surface area (Å²) in [5.41, 5.74) is 0.650. The topological polar surface area (TPSA) is 108 Å². The molecule has 150 valence electrons. The Bertz CT molecular complexity index is 970. The maximum Gasteiger partial charge on any atom is 0.339 e.